The fourth-order valence-corrected chi connectivity index (χ4v) is 6.75. The molecule has 3 unspecified atom stereocenters. The summed E-state index contributed by atoms with van der Waals surface area (Å²) < 4.78 is 48.5. The van der Waals surface area contributed by atoms with Crippen LogP contribution in [-0.4, -0.2) is 65.5 Å². The van der Waals surface area contributed by atoms with Crippen molar-refractivity contribution in [3.63, 3.8) is 0 Å². The Morgan fingerprint density at radius 2 is 1.80 bits per heavy atom. The van der Waals surface area contributed by atoms with Crippen molar-refractivity contribution in [2.24, 2.45) is 5.92 Å². The molecule has 0 spiro atoms. The lowest BCUT2D eigenvalue weighted by molar-refractivity contribution is 0.292. The maximum Gasteiger partial charge on any atom is 0.318 e. The topological polar surface area (TPSA) is 85.5 Å². The number of piperidine rings is 1. The number of nitrogens with zero attached hydrogens (tertiary/aromatic N) is 5. The first kappa shape index (κ1) is 32.8. The second-order valence-electron chi connectivity index (χ2n) is 11.6. The van der Waals surface area contributed by atoms with E-state index < -0.39 is 17.8 Å². The van der Waals surface area contributed by atoms with Crippen LogP contribution >= 0.6 is 0 Å². The van der Waals surface area contributed by atoms with Crippen LogP contribution in [0.25, 0.3) is 32.8 Å². The van der Waals surface area contributed by atoms with Gasteiger partial charge in [-0.2, -0.15) is 15.2 Å². The Balaban J connectivity index is 0.000000320. The maximum atomic E-state index is 16.1. The van der Waals surface area contributed by atoms with Crippen LogP contribution in [0.5, 0.6) is 11.8 Å². The lowest BCUT2D eigenvalue weighted by atomic mass is 9.93. The monoisotopic (exact) mass is 629 g/mol. The number of benzene rings is 3. The summed E-state index contributed by atoms with van der Waals surface area (Å²) >= 11 is 0. The number of aromatic nitrogens is 2. The highest BCUT2D eigenvalue weighted by Crippen LogP contribution is 2.40. The number of hydrogen-bond acceptors (Lipinski definition) is 7. The SMILES string of the molecule is C#Cc1c(F)ccc2cc(O)cc(-c3ccc4c(N5CCCC(C#N)C5)nc(OC)nc4c3F)c12.CC.FC1CC2CCCN2C1. The summed E-state index contributed by atoms with van der Waals surface area (Å²) in [6, 6.07) is 11.6. The van der Waals surface area contributed by atoms with Crippen molar-refractivity contribution in [3.05, 3.63) is 53.6 Å². The highest BCUT2D eigenvalue weighted by molar-refractivity contribution is 6.04. The first-order valence-corrected chi connectivity index (χ1v) is 15.8. The molecule has 10 heteroatoms. The fraction of sp³-hybridized carbons (Fsp3) is 0.417. The molecule has 240 valence electrons. The van der Waals surface area contributed by atoms with Crippen LogP contribution in [0.2, 0.25) is 0 Å². The molecule has 0 amide bonds. The minimum absolute atomic E-state index is 0.0126. The van der Waals surface area contributed by atoms with Crippen LogP contribution in [0.15, 0.2) is 36.4 Å². The third-order valence-corrected chi connectivity index (χ3v) is 8.80. The van der Waals surface area contributed by atoms with Crippen molar-refractivity contribution < 1.29 is 23.0 Å². The van der Waals surface area contributed by atoms with Crippen molar-refractivity contribution in [1.29, 1.82) is 5.26 Å². The van der Waals surface area contributed by atoms with Crippen LogP contribution in [0, 0.1) is 41.2 Å². The third-order valence-electron chi connectivity index (χ3n) is 8.80. The normalized spacial score (nSPS) is 20.6. The molecule has 3 aromatic carbocycles. The highest BCUT2D eigenvalue weighted by atomic mass is 19.1. The molecule has 7 rings (SSSR count). The molecule has 3 atom stereocenters. The van der Waals surface area contributed by atoms with Gasteiger partial charge in [0.05, 0.1) is 24.7 Å². The van der Waals surface area contributed by atoms with E-state index in [-0.39, 0.29) is 39.9 Å². The van der Waals surface area contributed by atoms with Crippen LogP contribution in [0.3, 0.4) is 0 Å². The molecular formula is C36H38F3N5O2. The average molecular weight is 630 g/mol. The van der Waals surface area contributed by atoms with Crippen LogP contribution in [-0.2, 0) is 0 Å². The van der Waals surface area contributed by atoms with Crippen LogP contribution < -0.4 is 9.64 Å². The van der Waals surface area contributed by atoms with Crippen LogP contribution in [0.1, 0.15) is 51.5 Å². The number of alkyl halides is 1. The summed E-state index contributed by atoms with van der Waals surface area (Å²) in [4.78, 5) is 12.9. The number of anilines is 1. The number of aromatic hydroxyl groups is 1. The summed E-state index contributed by atoms with van der Waals surface area (Å²) in [7, 11) is 1.39. The van der Waals surface area contributed by atoms with Gasteiger partial charge >= 0.3 is 6.01 Å². The minimum Gasteiger partial charge on any atom is -0.508 e. The Kier molecular flexibility index (Phi) is 10.2. The molecule has 0 saturated carbocycles. The van der Waals surface area contributed by atoms with Crippen molar-refractivity contribution in [3.8, 4) is 41.3 Å². The van der Waals surface area contributed by atoms with Gasteiger partial charge in [-0.25, -0.2) is 13.2 Å². The van der Waals surface area contributed by atoms with E-state index in [1.54, 1.807) is 12.1 Å². The van der Waals surface area contributed by atoms with Gasteiger partial charge in [0.15, 0.2) is 5.82 Å². The summed E-state index contributed by atoms with van der Waals surface area (Å²) in [5.74, 6) is 1.26. The molecule has 0 bridgehead atoms. The number of hydrogen-bond donors (Lipinski definition) is 1. The Bertz CT molecular complexity index is 1810. The molecule has 3 fully saturated rings. The van der Waals surface area contributed by atoms with E-state index >= 15 is 4.39 Å². The summed E-state index contributed by atoms with van der Waals surface area (Å²) in [6.07, 6.45) is 10.00. The number of ether oxygens (including phenoxy) is 1. The molecule has 3 saturated heterocycles. The standard InChI is InChI=1S/C27H20F2N4O2.C7H12FN.C2H6/c1-3-18-22(28)9-6-16-11-17(34)12-21(23(16)18)19-7-8-20-25(24(19)29)31-27(35-2)32-26(20)33-10-4-5-15(13-30)14-33;8-6-4-7-2-1-3-9(7)5-6;1-2/h1,6-9,11-12,15,34H,4-5,10,14H2,2H3;6-7H,1-5H2;1-2H3. The number of phenols is 1. The number of terminal acetylenes is 1. The summed E-state index contributed by atoms with van der Waals surface area (Å²) in [5.41, 5.74) is 0.335. The molecule has 7 nitrogen and oxygen atoms in total. The van der Waals surface area contributed by atoms with Gasteiger partial charge in [-0.05, 0) is 73.9 Å². The van der Waals surface area contributed by atoms with E-state index in [2.05, 4.69) is 26.9 Å². The van der Waals surface area contributed by atoms with Gasteiger partial charge in [0.25, 0.3) is 0 Å². The van der Waals surface area contributed by atoms with Gasteiger partial charge < -0.3 is 14.7 Å². The lowest BCUT2D eigenvalue weighted by Gasteiger charge is -2.31. The first-order valence-electron chi connectivity index (χ1n) is 15.8. The zero-order chi connectivity index (χ0) is 33.0. The second-order valence-corrected chi connectivity index (χ2v) is 11.6. The number of fused-ring (bicyclic) bond motifs is 3. The van der Waals surface area contributed by atoms with Gasteiger partial charge in [-0.3, -0.25) is 4.90 Å². The molecule has 4 aromatic rings. The predicted molar refractivity (Wildman–Crippen MR) is 175 cm³/mol. The average Bonchev–Trinajstić information content (AvgIpc) is 3.66. The second kappa shape index (κ2) is 14.3. The number of rotatable bonds is 3. The van der Waals surface area contributed by atoms with Crippen molar-refractivity contribution in [2.45, 2.75) is 58.2 Å². The largest absolute Gasteiger partial charge is 0.508 e. The van der Waals surface area contributed by atoms with E-state index in [0.717, 1.165) is 25.8 Å². The molecule has 3 aliphatic rings. The molecule has 1 aromatic heterocycles. The Morgan fingerprint density at radius 1 is 1.02 bits per heavy atom. The van der Waals surface area contributed by atoms with E-state index in [1.807, 2.05) is 18.7 Å². The summed E-state index contributed by atoms with van der Waals surface area (Å²) in [6.45, 7) is 6.99. The van der Waals surface area contributed by atoms with Crippen molar-refractivity contribution >= 4 is 27.5 Å². The zero-order valence-corrected chi connectivity index (χ0v) is 26.4. The number of methoxy groups -OCH3 is 1. The van der Waals surface area contributed by atoms with Gasteiger partial charge in [0, 0.05) is 42.0 Å². The first-order chi connectivity index (χ1) is 22.3. The third kappa shape index (κ3) is 6.41. The van der Waals surface area contributed by atoms with Crippen molar-refractivity contribution in [1.82, 2.24) is 14.9 Å². The van der Waals surface area contributed by atoms with Gasteiger partial charge in [0.1, 0.15) is 29.1 Å². The van der Waals surface area contributed by atoms with Crippen molar-refractivity contribution in [2.75, 3.05) is 38.2 Å². The Hall–Kier alpha value is -4.54. The molecule has 0 radical (unpaired) electrons. The maximum absolute atomic E-state index is 16.1. The molecule has 1 N–H and O–H groups in total. The van der Waals surface area contributed by atoms with E-state index in [9.17, 15) is 19.1 Å². The molecule has 4 heterocycles. The van der Waals surface area contributed by atoms with Gasteiger partial charge in [-0.15, -0.1) is 6.42 Å². The smallest absolute Gasteiger partial charge is 0.318 e. The van der Waals surface area contributed by atoms with Gasteiger partial charge in [0.2, 0.25) is 0 Å². The van der Waals surface area contributed by atoms with E-state index in [1.165, 1.54) is 44.2 Å². The summed E-state index contributed by atoms with van der Waals surface area (Å²) in [5, 5.41) is 21.0. The molecular weight excluding hydrogens is 591 g/mol. The Labute approximate surface area is 267 Å². The quantitative estimate of drug-likeness (QED) is 0.237. The number of halogens is 3. The number of phenolic OH excluding ortho intramolecular Hbond substituents is 1. The van der Waals surface area contributed by atoms with E-state index in [4.69, 9.17) is 11.2 Å². The molecule has 0 aliphatic carbocycles. The fourth-order valence-electron chi connectivity index (χ4n) is 6.75. The zero-order valence-electron chi connectivity index (χ0n) is 26.4. The predicted octanol–water partition coefficient (Wildman–Crippen LogP) is 7.38. The van der Waals surface area contributed by atoms with Gasteiger partial charge in [-0.1, -0.05) is 31.9 Å². The lowest BCUT2D eigenvalue weighted by Crippen LogP contribution is -2.35. The number of nitriles is 1. The Morgan fingerprint density at radius 3 is 2.52 bits per heavy atom. The molecule has 3 aliphatic heterocycles. The minimum atomic E-state index is -0.683. The highest BCUT2D eigenvalue weighted by Gasteiger charge is 2.34. The molecule has 46 heavy (non-hydrogen) atoms. The van der Waals surface area contributed by atoms with E-state index in [0.29, 0.717) is 47.7 Å². The van der Waals surface area contributed by atoms with Crippen LogP contribution in [0.4, 0.5) is 19.0 Å².